The average molecular weight is 276 g/mol. The topological polar surface area (TPSA) is 94.8 Å². The summed E-state index contributed by atoms with van der Waals surface area (Å²) in [5, 5.41) is 10.6. The lowest BCUT2D eigenvalue weighted by Crippen LogP contribution is -2.15. The third-order valence-corrected chi connectivity index (χ3v) is 2.57. The molecule has 0 aliphatic carbocycles. The summed E-state index contributed by atoms with van der Waals surface area (Å²) in [5.41, 5.74) is 0.968. The van der Waals surface area contributed by atoms with E-state index in [-0.39, 0.29) is 0 Å². The minimum atomic E-state index is -0.404. The summed E-state index contributed by atoms with van der Waals surface area (Å²) in [5.74, 6) is 0.0647. The van der Waals surface area contributed by atoms with Gasteiger partial charge in [-0.3, -0.25) is 4.68 Å². The van der Waals surface area contributed by atoms with Crippen molar-refractivity contribution >= 4 is 11.9 Å². The fraction of sp³-hybridized carbons (Fsp3) is 0.417. The van der Waals surface area contributed by atoms with E-state index in [0.717, 1.165) is 0 Å². The lowest BCUT2D eigenvalue weighted by molar-refractivity contribution is 0.0524. The molecule has 106 valence electrons. The molecule has 20 heavy (non-hydrogen) atoms. The van der Waals surface area contributed by atoms with E-state index in [4.69, 9.17) is 4.74 Å². The zero-order chi connectivity index (χ0) is 14.4. The molecule has 8 nitrogen and oxygen atoms in total. The zero-order valence-corrected chi connectivity index (χ0v) is 11.4. The number of hydrogen-bond donors (Lipinski definition) is 1. The minimum Gasteiger partial charge on any atom is -0.462 e. The molecule has 2 aromatic rings. The van der Waals surface area contributed by atoms with Crippen molar-refractivity contribution in [1.82, 2.24) is 25.0 Å². The molecule has 0 bridgehead atoms. The molecule has 0 spiro atoms. The Kier molecular flexibility index (Phi) is 4.59. The fourth-order valence-electron chi connectivity index (χ4n) is 1.60. The summed E-state index contributed by atoms with van der Waals surface area (Å²) in [4.78, 5) is 19.9. The fourth-order valence-corrected chi connectivity index (χ4v) is 1.60. The monoisotopic (exact) mass is 276 g/mol. The van der Waals surface area contributed by atoms with Gasteiger partial charge in [0, 0.05) is 18.9 Å². The molecule has 2 aromatic heterocycles. The van der Waals surface area contributed by atoms with Crippen LogP contribution in [0, 0.1) is 6.92 Å². The number of aromatic nitrogens is 5. The Balaban J connectivity index is 1.93. The second kappa shape index (κ2) is 6.60. The van der Waals surface area contributed by atoms with Gasteiger partial charge in [-0.1, -0.05) is 5.21 Å². The predicted molar refractivity (Wildman–Crippen MR) is 71.2 cm³/mol. The second-order valence-corrected chi connectivity index (χ2v) is 4.01. The van der Waals surface area contributed by atoms with Gasteiger partial charge in [-0.25, -0.2) is 14.8 Å². The number of ether oxygens (including phenoxy) is 1. The van der Waals surface area contributed by atoms with Crippen LogP contribution in [0.25, 0.3) is 0 Å². The highest BCUT2D eigenvalue weighted by Gasteiger charge is 2.12. The molecule has 0 unspecified atom stereocenters. The van der Waals surface area contributed by atoms with Gasteiger partial charge in [-0.05, 0) is 13.8 Å². The summed E-state index contributed by atoms with van der Waals surface area (Å²) in [7, 11) is 0. The summed E-state index contributed by atoms with van der Waals surface area (Å²) < 4.78 is 6.62. The zero-order valence-electron chi connectivity index (χ0n) is 11.4. The van der Waals surface area contributed by atoms with Gasteiger partial charge in [0.15, 0.2) is 0 Å². The summed E-state index contributed by atoms with van der Waals surface area (Å²) >= 11 is 0. The van der Waals surface area contributed by atoms with Crippen molar-refractivity contribution in [3.63, 3.8) is 0 Å². The Hall–Kier alpha value is -2.51. The standard InChI is InChI=1S/C12H16N6O2/c1-3-20-11(19)10-8-14-12(16-9(10)2)13-4-6-18-7-5-15-17-18/h5,7-8H,3-4,6H2,1-2H3,(H,13,14,16). The van der Waals surface area contributed by atoms with Crippen LogP contribution >= 0.6 is 0 Å². The first kappa shape index (κ1) is 13.9. The molecule has 0 aliphatic rings. The van der Waals surface area contributed by atoms with Gasteiger partial charge in [0.2, 0.25) is 5.95 Å². The van der Waals surface area contributed by atoms with Gasteiger partial charge in [0.25, 0.3) is 0 Å². The quantitative estimate of drug-likeness (QED) is 0.774. The number of anilines is 1. The Morgan fingerprint density at radius 3 is 3.00 bits per heavy atom. The van der Waals surface area contributed by atoms with Crippen molar-refractivity contribution in [3.05, 3.63) is 29.8 Å². The molecule has 0 fully saturated rings. The Bertz CT molecular complexity index is 569. The van der Waals surface area contributed by atoms with E-state index >= 15 is 0 Å². The van der Waals surface area contributed by atoms with Crippen molar-refractivity contribution < 1.29 is 9.53 Å². The molecule has 0 radical (unpaired) electrons. The maximum absolute atomic E-state index is 11.6. The number of carbonyl (C=O) groups excluding carboxylic acids is 1. The van der Waals surface area contributed by atoms with Gasteiger partial charge >= 0.3 is 5.97 Å². The molecule has 0 saturated carbocycles. The number of esters is 1. The Morgan fingerprint density at radius 2 is 2.35 bits per heavy atom. The van der Waals surface area contributed by atoms with Crippen LogP contribution in [0.15, 0.2) is 18.6 Å². The van der Waals surface area contributed by atoms with Crippen molar-refractivity contribution in [2.45, 2.75) is 20.4 Å². The van der Waals surface area contributed by atoms with E-state index in [1.807, 2.05) is 0 Å². The van der Waals surface area contributed by atoms with Crippen LogP contribution in [0.2, 0.25) is 0 Å². The second-order valence-electron chi connectivity index (χ2n) is 4.01. The van der Waals surface area contributed by atoms with E-state index < -0.39 is 5.97 Å². The lowest BCUT2D eigenvalue weighted by Gasteiger charge is -2.08. The van der Waals surface area contributed by atoms with Crippen molar-refractivity contribution in [1.29, 1.82) is 0 Å². The van der Waals surface area contributed by atoms with Gasteiger partial charge in [-0.2, -0.15) is 0 Å². The maximum Gasteiger partial charge on any atom is 0.341 e. The van der Waals surface area contributed by atoms with Crippen LogP contribution in [-0.4, -0.2) is 44.1 Å². The van der Waals surface area contributed by atoms with Crippen molar-refractivity contribution in [2.24, 2.45) is 0 Å². The van der Waals surface area contributed by atoms with Crippen LogP contribution in [0.4, 0.5) is 5.95 Å². The highest BCUT2D eigenvalue weighted by atomic mass is 16.5. The van der Waals surface area contributed by atoms with Crippen molar-refractivity contribution in [2.75, 3.05) is 18.5 Å². The third kappa shape index (κ3) is 3.50. The van der Waals surface area contributed by atoms with E-state index in [1.54, 1.807) is 30.9 Å². The molecule has 0 amide bonds. The van der Waals surface area contributed by atoms with Gasteiger partial charge in [-0.15, -0.1) is 5.10 Å². The SMILES string of the molecule is CCOC(=O)c1cnc(NCCn2ccnn2)nc1C. The lowest BCUT2D eigenvalue weighted by atomic mass is 10.2. The van der Waals surface area contributed by atoms with Crippen LogP contribution in [0.5, 0.6) is 0 Å². The average Bonchev–Trinajstić information content (AvgIpc) is 2.92. The number of hydrogen-bond acceptors (Lipinski definition) is 7. The van der Waals surface area contributed by atoms with Gasteiger partial charge in [0.05, 0.1) is 30.6 Å². The highest BCUT2D eigenvalue weighted by molar-refractivity contribution is 5.90. The Labute approximate surface area is 116 Å². The number of carbonyl (C=O) groups is 1. The van der Waals surface area contributed by atoms with Gasteiger partial charge in [0.1, 0.15) is 0 Å². The molecule has 0 saturated heterocycles. The maximum atomic E-state index is 11.6. The first-order valence-corrected chi connectivity index (χ1v) is 6.29. The molecule has 2 heterocycles. The first-order chi connectivity index (χ1) is 9.70. The number of aryl methyl sites for hydroxylation is 1. The largest absolute Gasteiger partial charge is 0.462 e. The molecular formula is C12H16N6O2. The van der Waals surface area contributed by atoms with Crippen molar-refractivity contribution in [3.8, 4) is 0 Å². The van der Waals surface area contributed by atoms with E-state index in [2.05, 4.69) is 25.6 Å². The van der Waals surface area contributed by atoms with E-state index in [1.165, 1.54) is 6.20 Å². The highest BCUT2D eigenvalue weighted by Crippen LogP contribution is 2.08. The van der Waals surface area contributed by atoms with Crippen LogP contribution in [0.1, 0.15) is 23.0 Å². The number of nitrogens with zero attached hydrogens (tertiary/aromatic N) is 5. The molecule has 2 rings (SSSR count). The first-order valence-electron chi connectivity index (χ1n) is 6.29. The van der Waals surface area contributed by atoms with Gasteiger partial charge < -0.3 is 10.1 Å². The molecule has 0 aromatic carbocycles. The van der Waals surface area contributed by atoms with Crippen LogP contribution in [0.3, 0.4) is 0 Å². The molecule has 0 atom stereocenters. The molecule has 1 N–H and O–H groups in total. The van der Waals surface area contributed by atoms with E-state index in [0.29, 0.717) is 36.9 Å². The Morgan fingerprint density at radius 1 is 1.50 bits per heavy atom. The van der Waals surface area contributed by atoms with E-state index in [9.17, 15) is 4.79 Å². The normalized spacial score (nSPS) is 10.3. The summed E-state index contributed by atoms with van der Waals surface area (Å²) in [6, 6.07) is 0. The molecule has 8 heteroatoms. The number of nitrogens with one attached hydrogen (secondary N) is 1. The van der Waals surface area contributed by atoms with Crippen LogP contribution < -0.4 is 5.32 Å². The van der Waals surface area contributed by atoms with Crippen LogP contribution in [-0.2, 0) is 11.3 Å². The summed E-state index contributed by atoms with van der Waals surface area (Å²) in [6.07, 6.45) is 4.87. The smallest absolute Gasteiger partial charge is 0.341 e. The molecular weight excluding hydrogens is 260 g/mol. The molecule has 0 aliphatic heterocycles. The number of rotatable bonds is 6. The minimum absolute atomic E-state index is 0.330. The summed E-state index contributed by atoms with van der Waals surface area (Å²) in [6.45, 7) is 5.10. The predicted octanol–water partition coefficient (Wildman–Crippen LogP) is 0.665. The third-order valence-electron chi connectivity index (χ3n) is 2.57.